The summed E-state index contributed by atoms with van der Waals surface area (Å²) < 4.78 is 9.44. The molecule has 1 heterocycles. The number of carbonyl (C=O) groups is 3. The minimum Gasteiger partial charge on any atom is -0.465 e. The fourth-order valence-corrected chi connectivity index (χ4v) is 3.35. The SMILES string of the molecule is CC[NH+](CC(=O)Nc1cc(C(=O)OC)ccc1C(=O)OC)Cc1cccs1. The molecule has 7 nitrogen and oxygen atoms in total. The Morgan fingerprint density at radius 2 is 1.85 bits per heavy atom. The van der Waals surface area contributed by atoms with E-state index in [1.165, 1.54) is 37.3 Å². The van der Waals surface area contributed by atoms with Crippen molar-refractivity contribution >= 4 is 34.9 Å². The van der Waals surface area contributed by atoms with Crippen molar-refractivity contribution in [3.63, 3.8) is 0 Å². The van der Waals surface area contributed by atoms with Crippen molar-refractivity contribution in [1.29, 1.82) is 0 Å². The molecule has 0 aliphatic heterocycles. The zero-order valence-electron chi connectivity index (χ0n) is 15.5. The molecule has 0 aliphatic carbocycles. The quantitative estimate of drug-likeness (QED) is 0.664. The average Bonchev–Trinajstić information content (AvgIpc) is 3.19. The first kappa shape index (κ1) is 20.6. The summed E-state index contributed by atoms with van der Waals surface area (Å²) in [5, 5.41) is 4.73. The highest BCUT2D eigenvalue weighted by Crippen LogP contribution is 2.19. The number of esters is 2. The van der Waals surface area contributed by atoms with Gasteiger partial charge in [0.2, 0.25) is 0 Å². The standard InChI is InChI=1S/C19H22N2O5S/c1-4-21(11-14-6-5-9-27-14)12-17(22)20-16-10-13(18(23)25-2)7-8-15(16)19(24)26-3/h5-10H,4,11-12H2,1-3H3,(H,20,22)/p+1. The molecule has 0 saturated heterocycles. The van der Waals surface area contributed by atoms with Gasteiger partial charge in [0.1, 0.15) is 6.54 Å². The molecule has 1 aromatic heterocycles. The Balaban J connectivity index is 2.16. The van der Waals surface area contributed by atoms with E-state index in [-0.39, 0.29) is 29.3 Å². The molecule has 8 heteroatoms. The summed E-state index contributed by atoms with van der Waals surface area (Å²) in [5.41, 5.74) is 0.634. The van der Waals surface area contributed by atoms with Crippen molar-refractivity contribution in [3.8, 4) is 0 Å². The molecule has 1 atom stereocenters. The fraction of sp³-hybridized carbons (Fsp3) is 0.316. The minimum absolute atomic E-state index is 0.176. The van der Waals surface area contributed by atoms with Crippen LogP contribution in [0.25, 0.3) is 0 Å². The van der Waals surface area contributed by atoms with Crippen LogP contribution in [-0.2, 0) is 20.8 Å². The Bertz CT molecular complexity index is 804. The molecular formula is C19H23N2O5S+. The third kappa shape index (κ3) is 5.63. The van der Waals surface area contributed by atoms with Gasteiger partial charge in [0.25, 0.3) is 5.91 Å². The zero-order valence-corrected chi connectivity index (χ0v) is 16.4. The monoisotopic (exact) mass is 391 g/mol. The van der Waals surface area contributed by atoms with Gasteiger partial charge in [-0.2, -0.15) is 0 Å². The molecule has 2 N–H and O–H groups in total. The Labute approximate surface area is 161 Å². The summed E-state index contributed by atoms with van der Waals surface area (Å²) in [6, 6.07) is 8.32. The number of quaternary nitrogens is 1. The highest BCUT2D eigenvalue weighted by atomic mass is 32.1. The molecule has 2 rings (SSSR count). The highest BCUT2D eigenvalue weighted by Gasteiger charge is 2.19. The minimum atomic E-state index is -0.597. The van der Waals surface area contributed by atoms with Crippen LogP contribution in [0.5, 0.6) is 0 Å². The summed E-state index contributed by atoms with van der Waals surface area (Å²) in [4.78, 5) is 38.5. The second kappa shape index (κ2) is 9.84. The van der Waals surface area contributed by atoms with Crippen LogP contribution in [0.3, 0.4) is 0 Å². The van der Waals surface area contributed by atoms with E-state index in [1.807, 2.05) is 24.4 Å². The van der Waals surface area contributed by atoms with Crippen LogP contribution in [0.2, 0.25) is 0 Å². The number of benzene rings is 1. The Morgan fingerprint density at radius 3 is 2.44 bits per heavy atom. The largest absolute Gasteiger partial charge is 0.465 e. The molecule has 0 fully saturated rings. The van der Waals surface area contributed by atoms with Crippen molar-refractivity contribution < 1.29 is 28.8 Å². The van der Waals surface area contributed by atoms with Crippen LogP contribution in [-0.4, -0.2) is 45.2 Å². The van der Waals surface area contributed by atoms with Crippen LogP contribution in [0.15, 0.2) is 35.7 Å². The van der Waals surface area contributed by atoms with Crippen LogP contribution >= 0.6 is 11.3 Å². The lowest BCUT2D eigenvalue weighted by Gasteiger charge is -2.17. The smallest absolute Gasteiger partial charge is 0.339 e. The van der Waals surface area contributed by atoms with E-state index in [0.717, 1.165) is 18.0 Å². The van der Waals surface area contributed by atoms with E-state index in [9.17, 15) is 14.4 Å². The van der Waals surface area contributed by atoms with Crippen LogP contribution in [0.4, 0.5) is 5.69 Å². The zero-order chi connectivity index (χ0) is 19.8. The van der Waals surface area contributed by atoms with Gasteiger partial charge in [0.15, 0.2) is 6.54 Å². The topological polar surface area (TPSA) is 86.1 Å². The number of thiophene rings is 1. The second-order valence-electron chi connectivity index (χ2n) is 5.83. The first-order chi connectivity index (χ1) is 13.0. The van der Waals surface area contributed by atoms with Gasteiger partial charge in [0.05, 0.1) is 42.5 Å². The van der Waals surface area contributed by atoms with Gasteiger partial charge in [-0.05, 0) is 36.6 Å². The average molecular weight is 391 g/mol. The van der Waals surface area contributed by atoms with Crippen molar-refractivity contribution in [1.82, 2.24) is 0 Å². The van der Waals surface area contributed by atoms with Crippen LogP contribution in [0.1, 0.15) is 32.5 Å². The van der Waals surface area contributed by atoms with E-state index < -0.39 is 11.9 Å². The first-order valence-corrected chi connectivity index (χ1v) is 9.32. The maximum absolute atomic E-state index is 12.5. The third-order valence-corrected chi connectivity index (χ3v) is 4.91. The molecule has 0 radical (unpaired) electrons. The second-order valence-corrected chi connectivity index (χ2v) is 6.86. The van der Waals surface area contributed by atoms with Crippen molar-refractivity contribution in [2.75, 3.05) is 32.6 Å². The summed E-state index contributed by atoms with van der Waals surface area (Å²) in [6.07, 6.45) is 0. The normalized spacial score (nSPS) is 11.5. The van der Waals surface area contributed by atoms with Crippen molar-refractivity contribution in [2.24, 2.45) is 0 Å². The van der Waals surface area contributed by atoms with Gasteiger partial charge in [0, 0.05) is 0 Å². The Morgan fingerprint density at radius 1 is 1.11 bits per heavy atom. The molecular weight excluding hydrogens is 368 g/mol. The van der Waals surface area contributed by atoms with Gasteiger partial charge in [-0.15, -0.1) is 11.3 Å². The van der Waals surface area contributed by atoms with Crippen molar-refractivity contribution in [2.45, 2.75) is 13.5 Å². The summed E-state index contributed by atoms with van der Waals surface area (Å²) in [5.74, 6) is -1.41. The lowest BCUT2D eigenvalue weighted by Crippen LogP contribution is -3.11. The molecule has 0 saturated carbocycles. The summed E-state index contributed by atoms with van der Waals surface area (Å²) in [6.45, 7) is 3.76. The van der Waals surface area contributed by atoms with Gasteiger partial charge in [-0.1, -0.05) is 6.07 Å². The number of likely N-dealkylation sites (N-methyl/N-ethyl adjacent to an activating group) is 1. The number of rotatable bonds is 8. The van der Waals surface area contributed by atoms with Gasteiger partial charge >= 0.3 is 11.9 Å². The third-order valence-electron chi connectivity index (χ3n) is 4.03. The maximum Gasteiger partial charge on any atom is 0.339 e. The number of nitrogens with one attached hydrogen (secondary N) is 2. The number of hydrogen-bond donors (Lipinski definition) is 2. The predicted octanol–water partition coefficient (Wildman–Crippen LogP) is 1.36. The molecule has 1 unspecified atom stereocenters. The first-order valence-electron chi connectivity index (χ1n) is 8.45. The van der Waals surface area contributed by atoms with E-state index >= 15 is 0 Å². The van der Waals surface area contributed by atoms with Crippen molar-refractivity contribution in [3.05, 3.63) is 51.7 Å². The predicted molar refractivity (Wildman–Crippen MR) is 102 cm³/mol. The molecule has 144 valence electrons. The molecule has 0 bridgehead atoms. The van der Waals surface area contributed by atoms with Crippen LogP contribution in [0, 0.1) is 0 Å². The van der Waals surface area contributed by atoms with Gasteiger partial charge < -0.3 is 19.7 Å². The number of methoxy groups -OCH3 is 2. The van der Waals surface area contributed by atoms with E-state index in [4.69, 9.17) is 9.47 Å². The number of anilines is 1. The van der Waals surface area contributed by atoms with Crippen LogP contribution < -0.4 is 10.2 Å². The van der Waals surface area contributed by atoms with E-state index in [0.29, 0.717) is 0 Å². The summed E-state index contributed by atoms with van der Waals surface area (Å²) in [7, 11) is 2.52. The lowest BCUT2D eigenvalue weighted by molar-refractivity contribution is -0.903. The van der Waals surface area contributed by atoms with E-state index in [2.05, 4.69) is 5.32 Å². The molecule has 1 aromatic carbocycles. The van der Waals surface area contributed by atoms with Gasteiger partial charge in [-0.3, -0.25) is 4.79 Å². The molecule has 0 aliphatic rings. The highest BCUT2D eigenvalue weighted by molar-refractivity contribution is 7.09. The Hall–Kier alpha value is -2.71. The molecule has 1 amide bonds. The number of hydrogen-bond acceptors (Lipinski definition) is 6. The van der Waals surface area contributed by atoms with E-state index in [1.54, 1.807) is 11.3 Å². The molecule has 0 spiro atoms. The number of carbonyl (C=O) groups excluding carboxylic acids is 3. The number of ether oxygens (including phenoxy) is 2. The van der Waals surface area contributed by atoms with Gasteiger partial charge in [-0.25, -0.2) is 9.59 Å². The fourth-order valence-electron chi connectivity index (χ4n) is 2.57. The maximum atomic E-state index is 12.5. The molecule has 2 aromatic rings. The Kier molecular flexibility index (Phi) is 7.51. The lowest BCUT2D eigenvalue weighted by atomic mass is 10.1. The summed E-state index contributed by atoms with van der Waals surface area (Å²) >= 11 is 1.65. The number of amides is 1. The molecule has 27 heavy (non-hydrogen) atoms.